The van der Waals surface area contributed by atoms with Crippen LogP contribution in [-0.4, -0.2) is 34.4 Å². The molecule has 0 aliphatic carbocycles. The Morgan fingerprint density at radius 3 is 2.50 bits per heavy atom. The van der Waals surface area contributed by atoms with E-state index in [-0.39, 0.29) is 5.91 Å². The van der Waals surface area contributed by atoms with E-state index >= 15 is 0 Å². The molecule has 3 rings (SSSR count). The molecule has 2 aromatic rings. The molecule has 1 aliphatic rings. The summed E-state index contributed by atoms with van der Waals surface area (Å²) in [4.78, 5) is 25.6. The fraction of sp³-hybridized carbons (Fsp3) is 0.368. The lowest BCUT2D eigenvalue weighted by molar-refractivity contribution is -0.131. The van der Waals surface area contributed by atoms with E-state index in [9.17, 15) is 9.59 Å². The fourth-order valence-electron chi connectivity index (χ4n) is 3.28. The molecule has 2 N–H and O–H groups in total. The molecule has 1 aromatic carbocycles. The first-order valence-electron chi connectivity index (χ1n) is 8.48. The SMILES string of the molecule is NC(=O)/C=C/c1cn(CC(=O)N2CCCCCC2)c2ccccc12. The summed E-state index contributed by atoms with van der Waals surface area (Å²) >= 11 is 0. The lowest BCUT2D eigenvalue weighted by Crippen LogP contribution is -2.34. The molecule has 1 fully saturated rings. The Hall–Kier alpha value is -2.56. The van der Waals surface area contributed by atoms with Gasteiger partial charge in [-0.3, -0.25) is 9.59 Å². The third-order valence-electron chi connectivity index (χ3n) is 4.51. The van der Waals surface area contributed by atoms with E-state index in [2.05, 4.69) is 0 Å². The normalized spacial score (nSPS) is 15.8. The molecule has 2 amide bonds. The number of likely N-dealkylation sites (tertiary alicyclic amines) is 1. The monoisotopic (exact) mass is 325 g/mol. The Balaban J connectivity index is 1.86. The molecule has 1 aliphatic heterocycles. The topological polar surface area (TPSA) is 68.3 Å². The molecule has 1 saturated heterocycles. The van der Waals surface area contributed by atoms with Crippen LogP contribution in [0.3, 0.4) is 0 Å². The number of hydrogen-bond donors (Lipinski definition) is 1. The van der Waals surface area contributed by atoms with E-state index in [0.717, 1.165) is 42.4 Å². The van der Waals surface area contributed by atoms with Gasteiger partial charge in [0.1, 0.15) is 6.54 Å². The quantitative estimate of drug-likeness (QED) is 0.878. The maximum atomic E-state index is 12.7. The second-order valence-electron chi connectivity index (χ2n) is 6.26. The van der Waals surface area contributed by atoms with Crippen molar-refractivity contribution in [3.8, 4) is 0 Å². The second-order valence-corrected chi connectivity index (χ2v) is 6.26. The predicted octanol–water partition coefficient (Wildman–Crippen LogP) is 2.54. The maximum Gasteiger partial charge on any atom is 0.242 e. The highest BCUT2D eigenvalue weighted by molar-refractivity contribution is 5.96. The highest BCUT2D eigenvalue weighted by Crippen LogP contribution is 2.23. The number of para-hydroxylation sites is 1. The first kappa shape index (κ1) is 16.3. The number of rotatable bonds is 4. The molecule has 24 heavy (non-hydrogen) atoms. The van der Waals surface area contributed by atoms with Crippen molar-refractivity contribution in [3.05, 3.63) is 42.1 Å². The van der Waals surface area contributed by atoms with Crippen molar-refractivity contribution in [3.63, 3.8) is 0 Å². The van der Waals surface area contributed by atoms with Crippen LogP contribution in [0, 0.1) is 0 Å². The summed E-state index contributed by atoms with van der Waals surface area (Å²) in [6.45, 7) is 2.03. The van der Waals surface area contributed by atoms with E-state index in [4.69, 9.17) is 5.73 Å². The van der Waals surface area contributed by atoms with Crippen LogP contribution in [0.1, 0.15) is 31.2 Å². The van der Waals surface area contributed by atoms with Gasteiger partial charge in [0.2, 0.25) is 11.8 Å². The van der Waals surface area contributed by atoms with Gasteiger partial charge in [0.05, 0.1) is 0 Å². The largest absolute Gasteiger partial charge is 0.366 e. The van der Waals surface area contributed by atoms with E-state index in [1.165, 1.54) is 18.9 Å². The first-order valence-corrected chi connectivity index (χ1v) is 8.48. The number of nitrogens with zero attached hydrogens (tertiary/aromatic N) is 2. The number of carbonyl (C=O) groups excluding carboxylic acids is 2. The Bertz CT molecular complexity index is 768. The summed E-state index contributed by atoms with van der Waals surface area (Å²) in [6, 6.07) is 7.89. The van der Waals surface area contributed by atoms with Gasteiger partial charge in [-0.15, -0.1) is 0 Å². The van der Waals surface area contributed by atoms with E-state index in [0.29, 0.717) is 6.54 Å². The zero-order valence-electron chi connectivity index (χ0n) is 13.8. The number of amides is 2. The first-order chi connectivity index (χ1) is 11.6. The standard InChI is InChI=1S/C19H23N3O2/c20-18(23)10-9-15-13-22(17-8-4-3-7-16(15)17)14-19(24)21-11-5-1-2-6-12-21/h3-4,7-10,13H,1-2,5-6,11-12,14H2,(H2,20,23)/b10-9+. The molecule has 0 unspecified atom stereocenters. The van der Waals surface area contributed by atoms with Crippen LogP contribution < -0.4 is 5.73 Å². The van der Waals surface area contributed by atoms with Crippen LogP contribution in [0.2, 0.25) is 0 Å². The average molecular weight is 325 g/mol. The minimum absolute atomic E-state index is 0.156. The van der Waals surface area contributed by atoms with Crippen LogP contribution in [0.4, 0.5) is 0 Å². The molecular weight excluding hydrogens is 302 g/mol. The number of aromatic nitrogens is 1. The van der Waals surface area contributed by atoms with Gasteiger partial charge in [-0.2, -0.15) is 0 Å². The molecule has 0 saturated carbocycles. The second kappa shape index (κ2) is 7.34. The van der Waals surface area contributed by atoms with Crippen molar-refractivity contribution < 1.29 is 9.59 Å². The summed E-state index contributed by atoms with van der Waals surface area (Å²) in [5, 5.41) is 1.01. The molecule has 0 atom stereocenters. The van der Waals surface area contributed by atoms with E-state index in [1.54, 1.807) is 6.08 Å². The fourth-order valence-corrected chi connectivity index (χ4v) is 3.28. The minimum Gasteiger partial charge on any atom is -0.366 e. The Labute approximate surface area is 141 Å². The third-order valence-corrected chi connectivity index (χ3v) is 4.51. The highest BCUT2D eigenvalue weighted by atomic mass is 16.2. The zero-order valence-corrected chi connectivity index (χ0v) is 13.8. The average Bonchev–Trinajstić information content (AvgIpc) is 2.76. The van der Waals surface area contributed by atoms with Gasteiger partial charge < -0.3 is 15.2 Å². The minimum atomic E-state index is -0.479. The summed E-state index contributed by atoms with van der Waals surface area (Å²) in [6.07, 6.45) is 9.56. The molecule has 0 spiro atoms. The summed E-state index contributed by atoms with van der Waals surface area (Å²) in [7, 11) is 0. The summed E-state index contributed by atoms with van der Waals surface area (Å²) in [5.74, 6) is -0.324. The van der Waals surface area contributed by atoms with E-state index in [1.807, 2.05) is 39.9 Å². The van der Waals surface area contributed by atoms with Crippen LogP contribution in [-0.2, 0) is 16.1 Å². The molecule has 5 nitrogen and oxygen atoms in total. The number of primary amides is 1. The van der Waals surface area contributed by atoms with Gasteiger partial charge in [0, 0.05) is 41.8 Å². The predicted molar refractivity (Wildman–Crippen MR) is 95.2 cm³/mol. The molecule has 2 heterocycles. The molecular formula is C19H23N3O2. The van der Waals surface area contributed by atoms with Crippen molar-refractivity contribution in [1.82, 2.24) is 9.47 Å². The molecule has 126 valence electrons. The molecule has 1 aromatic heterocycles. The number of fused-ring (bicyclic) bond motifs is 1. The summed E-state index contributed by atoms with van der Waals surface area (Å²) in [5.41, 5.74) is 7.08. The van der Waals surface area contributed by atoms with Gasteiger partial charge in [-0.05, 0) is 25.0 Å². The third kappa shape index (κ3) is 3.67. The number of benzene rings is 1. The molecule has 5 heteroatoms. The molecule has 0 radical (unpaired) electrons. The van der Waals surface area contributed by atoms with Gasteiger partial charge in [0.15, 0.2) is 0 Å². The Morgan fingerprint density at radius 2 is 1.79 bits per heavy atom. The van der Waals surface area contributed by atoms with Crippen molar-refractivity contribution >= 4 is 28.8 Å². The van der Waals surface area contributed by atoms with Crippen molar-refractivity contribution in [2.45, 2.75) is 32.2 Å². The van der Waals surface area contributed by atoms with Gasteiger partial charge >= 0.3 is 0 Å². The Morgan fingerprint density at radius 1 is 1.08 bits per heavy atom. The smallest absolute Gasteiger partial charge is 0.242 e. The van der Waals surface area contributed by atoms with Gasteiger partial charge in [-0.25, -0.2) is 0 Å². The number of nitrogens with two attached hydrogens (primary N) is 1. The maximum absolute atomic E-state index is 12.7. The Kier molecular flexibility index (Phi) is 4.99. The lowest BCUT2D eigenvalue weighted by atomic mass is 10.1. The van der Waals surface area contributed by atoms with Crippen LogP contribution in [0.5, 0.6) is 0 Å². The lowest BCUT2D eigenvalue weighted by Gasteiger charge is -2.20. The highest BCUT2D eigenvalue weighted by Gasteiger charge is 2.17. The van der Waals surface area contributed by atoms with E-state index < -0.39 is 5.91 Å². The number of hydrogen-bond acceptors (Lipinski definition) is 2. The zero-order chi connectivity index (χ0) is 16.9. The molecule has 0 bridgehead atoms. The van der Waals surface area contributed by atoms with Crippen LogP contribution in [0.25, 0.3) is 17.0 Å². The summed E-state index contributed by atoms with van der Waals surface area (Å²) < 4.78 is 1.96. The number of carbonyl (C=O) groups is 2. The van der Waals surface area contributed by atoms with Gasteiger partial charge in [-0.1, -0.05) is 31.0 Å². The van der Waals surface area contributed by atoms with Gasteiger partial charge in [0.25, 0.3) is 0 Å². The van der Waals surface area contributed by atoms with Crippen LogP contribution >= 0.6 is 0 Å². The van der Waals surface area contributed by atoms with Crippen LogP contribution in [0.15, 0.2) is 36.5 Å². The van der Waals surface area contributed by atoms with Crippen molar-refractivity contribution in [1.29, 1.82) is 0 Å². The van der Waals surface area contributed by atoms with Crippen molar-refractivity contribution in [2.24, 2.45) is 5.73 Å². The van der Waals surface area contributed by atoms with Crippen molar-refractivity contribution in [2.75, 3.05) is 13.1 Å².